The first-order chi connectivity index (χ1) is 12.4. The van der Waals surface area contributed by atoms with Crippen LogP contribution in [0.3, 0.4) is 0 Å². The zero-order valence-electron chi connectivity index (χ0n) is 14.6. The summed E-state index contributed by atoms with van der Waals surface area (Å²) >= 11 is 0. The molecule has 3 aromatic rings. The second kappa shape index (κ2) is 7.14. The van der Waals surface area contributed by atoms with Gasteiger partial charge in [-0.05, 0) is 49.7 Å². The van der Waals surface area contributed by atoms with E-state index in [2.05, 4.69) is 0 Å². The third-order valence-electron chi connectivity index (χ3n) is 4.11. The Morgan fingerprint density at radius 1 is 0.769 bits per heavy atom. The zero-order valence-corrected chi connectivity index (χ0v) is 15.4. The summed E-state index contributed by atoms with van der Waals surface area (Å²) < 4.78 is 27.4. The number of hydrogen-bond acceptors (Lipinski definition) is 3. The van der Waals surface area contributed by atoms with E-state index in [0.717, 1.165) is 15.4 Å². The summed E-state index contributed by atoms with van der Waals surface area (Å²) in [6.45, 7) is 3.69. The van der Waals surface area contributed by atoms with Crippen molar-refractivity contribution in [2.45, 2.75) is 18.7 Å². The van der Waals surface area contributed by atoms with Crippen molar-refractivity contribution in [3.63, 3.8) is 0 Å². The third kappa shape index (κ3) is 3.39. The van der Waals surface area contributed by atoms with Gasteiger partial charge in [-0.3, -0.25) is 4.79 Å². The highest BCUT2D eigenvalue weighted by atomic mass is 32.2. The first kappa shape index (κ1) is 17.9. The number of sulfonamides is 1. The molecule has 5 heteroatoms. The van der Waals surface area contributed by atoms with Crippen molar-refractivity contribution in [1.82, 2.24) is 0 Å². The summed E-state index contributed by atoms with van der Waals surface area (Å²) in [6.07, 6.45) is 0. The fraction of sp³-hybridized carbons (Fsp3) is 0.0952. The Kier molecular flexibility index (Phi) is 4.91. The molecule has 132 valence electrons. The van der Waals surface area contributed by atoms with Gasteiger partial charge in [0.25, 0.3) is 15.9 Å². The molecule has 0 radical (unpaired) electrons. The van der Waals surface area contributed by atoms with Crippen LogP contribution in [0.5, 0.6) is 0 Å². The van der Waals surface area contributed by atoms with E-state index in [1.165, 1.54) is 12.1 Å². The van der Waals surface area contributed by atoms with Crippen molar-refractivity contribution in [3.8, 4) is 0 Å². The van der Waals surface area contributed by atoms with Crippen LogP contribution in [0, 0.1) is 13.8 Å². The van der Waals surface area contributed by atoms with Gasteiger partial charge in [-0.2, -0.15) is 4.31 Å². The molecular formula is C21H19NO3S. The van der Waals surface area contributed by atoms with Crippen molar-refractivity contribution in [3.05, 3.63) is 95.6 Å². The van der Waals surface area contributed by atoms with E-state index < -0.39 is 15.9 Å². The van der Waals surface area contributed by atoms with Gasteiger partial charge in [0.2, 0.25) is 0 Å². The van der Waals surface area contributed by atoms with Crippen molar-refractivity contribution in [2.24, 2.45) is 0 Å². The Bertz CT molecular complexity index is 1030. The highest BCUT2D eigenvalue weighted by Crippen LogP contribution is 2.27. The first-order valence-electron chi connectivity index (χ1n) is 8.18. The van der Waals surface area contributed by atoms with Gasteiger partial charge in [0.1, 0.15) is 0 Å². The minimum atomic E-state index is -4.05. The number of benzene rings is 3. The van der Waals surface area contributed by atoms with Crippen molar-refractivity contribution < 1.29 is 13.2 Å². The molecule has 3 rings (SSSR count). The van der Waals surface area contributed by atoms with E-state index in [4.69, 9.17) is 0 Å². The average molecular weight is 365 g/mol. The van der Waals surface area contributed by atoms with Crippen LogP contribution in [0.25, 0.3) is 0 Å². The summed E-state index contributed by atoms with van der Waals surface area (Å²) in [5.74, 6) is -0.573. The van der Waals surface area contributed by atoms with Crippen LogP contribution in [-0.4, -0.2) is 14.3 Å². The normalized spacial score (nSPS) is 11.2. The maximum atomic E-state index is 13.2. The number of amides is 1. The average Bonchev–Trinajstić information content (AvgIpc) is 2.64. The lowest BCUT2D eigenvalue weighted by Gasteiger charge is -2.23. The molecule has 0 spiro atoms. The second-order valence-electron chi connectivity index (χ2n) is 6.04. The summed E-state index contributed by atoms with van der Waals surface area (Å²) in [5.41, 5.74) is 2.37. The van der Waals surface area contributed by atoms with Crippen molar-refractivity contribution in [2.75, 3.05) is 4.31 Å². The predicted octanol–water partition coefficient (Wildman–Crippen LogP) is 4.34. The molecule has 0 saturated carbocycles. The Hall–Kier alpha value is -2.92. The molecule has 4 nitrogen and oxygen atoms in total. The van der Waals surface area contributed by atoms with Crippen LogP contribution in [0.15, 0.2) is 83.8 Å². The van der Waals surface area contributed by atoms with Crippen molar-refractivity contribution in [1.29, 1.82) is 0 Å². The highest BCUT2D eigenvalue weighted by molar-refractivity contribution is 7.93. The van der Waals surface area contributed by atoms with Crippen LogP contribution in [0.4, 0.5) is 5.69 Å². The fourth-order valence-electron chi connectivity index (χ4n) is 2.67. The van der Waals surface area contributed by atoms with E-state index in [1.807, 2.05) is 13.0 Å². The van der Waals surface area contributed by atoms with Gasteiger partial charge < -0.3 is 0 Å². The molecule has 0 saturated heterocycles. The van der Waals surface area contributed by atoms with Gasteiger partial charge in [0.05, 0.1) is 10.6 Å². The minimum absolute atomic E-state index is 0.0718. The van der Waals surface area contributed by atoms with E-state index in [1.54, 1.807) is 67.6 Å². The molecule has 0 fully saturated rings. The van der Waals surface area contributed by atoms with Crippen LogP contribution < -0.4 is 4.31 Å². The molecular weight excluding hydrogens is 346 g/mol. The van der Waals surface area contributed by atoms with Crippen LogP contribution >= 0.6 is 0 Å². The molecule has 0 N–H and O–H groups in total. The summed E-state index contributed by atoms with van der Waals surface area (Å²) in [7, 11) is -4.05. The van der Waals surface area contributed by atoms with Gasteiger partial charge in [-0.25, -0.2) is 8.42 Å². The summed E-state index contributed by atoms with van der Waals surface area (Å²) in [6, 6.07) is 21.8. The largest absolute Gasteiger partial charge is 0.272 e. The van der Waals surface area contributed by atoms with E-state index in [0.29, 0.717) is 11.3 Å². The monoisotopic (exact) mass is 365 g/mol. The zero-order chi connectivity index (χ0) is 18.7. The first-order valence-corrected chi connectivity index (χ1v) is 9.62. The van der Waals surface area contributed by atoms with Crippen LogP contribution in [0.1, 0.15) is 21.5 Å². The Labute approximate surface area is 153 Å². The number of aryl methyl sites for hydroxylation is 2. The number of nitrogens with zero attached hydrogens (tertiary/aromatic N) is 1. The molecule has 26 heavy (non-hydrogen) atoms. The molecule has 0 aliphatic carbocycles. The molecule has 0 aliphatic heterocycles. The SMILES string of the molecule is Cc1ccc(N(C(=O)c2ccccc2C)S(=O)(=O)c2ccccc2)cc1. The maximum absolute atomic E-state index is 13.2. The van der Waals surface area contributed by atoms with Crippen LogP contribution in [0.2, 0.25) is 0 Å². The van der Waals surface area contributed by atoms with Gasteiger partial charge in [-0.1, -0.05) is 54.1 Å². The topological polar surface area (TPSA) is 54.5 Å². The highest BCUT2D eigenvalue weighted by Gasteiger charge is 2.32. The minimum Gasteiger partial charge on any atom is -0.268 e. The van der Waals surface area contributed by atoms with Gasteiger partial charge in [0.15, 0.2) is 0 Å². The van der Waals surface area contributed by atoms with Crippen molar-refractivity contribution >= 4 is 21.6 Å². The molecule has 1 amide bonds. The van der Waals surface area contributed by atoms with Gasteiger partial charge >= 0.3 is 0 Å². The Morgan fingerprint density at radius 2 is 1.35 bits per heavy atom. The number of rotatable bonds is 4. The summed E-state index contributed by atoms with van der Waals surface area (Å²) in [4.78, 5) is 13.3. The lowest BCUT2D eigenvalue weighted by Crippen LogP contribution is -2.37. The molecule has 0 unspecified atom stereocenters. The maximum Gasteiger partial charge on any atom is 0.272 e. The lowest BCUT2D eigenvalue weighted by atomic mass is 10.1. The molecule has 0 atom stereocenters. The Morgan fingerprint density at radius 3 is 1.96 bits per heavy atom. The molecule has 0 heterocycles. The smallest absolute Gasteiger partial charge is 0.268 e. The van der Waals surface area contributed by atoms with E-state index in [-0.39, 0.29) is 4.90 Å². The molecule has 0 aliphatic rings. The number of anilines is 1. The number of hydrogen-bond donors (Lipinski definition) is 0. The number of carbonyl (C=O) groups is 1. The predicted molar refractivity (Wildman–Crippen MR) is 103 cm³/mol. The lowest BCUT2D eigenvalue weighted by molar-refractivity contribution is 0.100. The van der Waals surface area contributed by atoms with E-state index >= 15 is 0 Å². The van der Waals surface area contributed by atoms with Gasteiger partial charge in [0, 0.05) is 5.56 Å². The molecule has 0 bridgehead atoms. The van der Waals surface area contributed by atoms with E-state index in [9.17, 15) is 13.2 Å². The third-order valence-corrected chi connectivity index (χ3v) is 5.84. The number of carbonyl (C=O) groups excluding carboxylic acids is 1. The molecule has 0 aromatic heterocycles. The Balaban J connectivity index is 2.19. The quantitative estimate of drug-likeness (QED) is 0.691. The van der Waals surface area contributed by atoms with Crippen LogP contribution in [-0.2, 0) is 10.0 Å². The van der Waals surface area contributed by atoms with Gasteiger partial charge in [-0.15, -0.1) is 0 Å². The standard InChI is InChI=1S/C21H19NO3S/c1-16-12-14-18(15-13-16)22(21(23)20-11-7-6-8-17(20)2)26(24,25)19-9-4-3-5-10-19/h3-15H,1-2H3. The second-order valence-corrected chi connectivity index (χ2v) is 7.82. The fourth-order valence-corrected chi connectivity index (χ4v) is 4.09. The molecule has 3 aromatic carbocycles. The summed E-state index contributed by atoms with van der Waals surface area (Å²) in [5, 5.41) is 0.